The monoisotopic (exact) mass is 296 g/mol. The molecule has 2 N–H and O–H groups in total. The van der Waals surface area contributed by atoms with E-state index in [4.69, 9.17) is 16.3 Å². The van der Waals surface area contributed by atoms with E-state index in [0.717, 1.165) is 32.4 Å². The molecule has 0 aromatic heterocycles. The van der Waals surface area contributed by atoms with Gasteiger partial charge < -0.3 is 15.4 Å². The molecule has 1 unspecified atom stereocenters. The van der Waals surface area contributed by atoms with Gasteiger partial charge in [0.05, 0.1) is 18.2 Å². The van der Waals surface area contributed by atoms with Crippen LogP contribution < -0.4 is 15.4 Å². The van der Waals surface area contributed by atoms with Crippen molar-refractivity contribution in [1.29, 1.82) is 0 Å². The summed E-state index contributed by atoms with van der Waals surface area (Å²) in [5.74, 6) is 0.672. The van der Waals surface area contributed by atoms with E-state index in [1.807, 2.05) is 0 Å². The lowest BCUT2D eigenvalue weighted by Gasteiger charge is -2.26. The molecule has 1 aliphatic rings. The van der Waals surface area contributed by atoms with Crippen LogP contribution in [0.25, 0.3) is 0 Å². The Kier molecular flexibility index (Phi) is 4.89. The van der Waals surface area contributed by atoms with Crippen LogP contribution in [0.2, 0.25) is 5.02 Å². The first kappa shape index (κ1) is 15.1. The van der Waals surface area contributed by atoms with E-state index in [-0.39, 0.29) is 11.3 Å². The van der Waals surface area contributed by atoms with Gasteiger partial charge in [-0.05, 0) is 37.6 Å². The average molecular weight is 297 g/mol. The highest BCUT2D eigenvalue weighted by atomic mass is 35.5. The number of rotatable bonds is 5. The van der Waals surface area contributed by atoms with E-state index in [9.17, 15) is 4.79 Å². The number of hydrogen-bond donors (Lipinski definition) is 2. The molecular formula is C15H21ClN2O2. The number of anilines is 1. The van der Waals surface area contributed by atoms with Gasteiger partial charge in [0.2, 0.25) is 5.91 Å². The fourth-order valence-corrected chi connectivity index (χ4v) is 2.95. The zero-order valence-electron chi connectivity index (χ0n) is 12.0. The second kappa shape index (κ2) is 6.46. The molecule has 20 heavy (non-hydrogen) atoms. The molecular weight excluding hydrogens is 276 g/mol. The maximum Gasteiger partial charge on any atom is 0.232 e. The van der Waals surface area contributed by atoms with Crippen LogP contribution in [0.15, 0.2) is 18.2 Å². The molecule has 1 saturated heterocycles. The van der Waals surface area contributed by atoms with Crippen LogP contribution in [0, 0.1) is 5.41 Å². The summed E-state index contributed by atoms with van der Waals surface area (Å²) in [6, 6.07) is 5.23. The molecule has 0 saturated carbocycles. The lowest BCUT2D eigenvalue weighted by atomic mass is 9.81. The van der Waals surface area contributed by atoms with Crippen LogP contribution in [0.1, 0.15) is 26.2 Å². The molecule has 4 nitrogen and oxygen atoms in total. The minimum atomic E-state index is -0.317. The van der Waals surface area contributed by atoms with E-state index in [2.05, 4.69) is 17.6 Å². The molecule has 1 aromatic carbocycles. The Morgan fingerprint density at radius 2 is 2.35 bits per heavy atom. The van der Waals surface area contributed by atoms with Crippen molar-refractivity contribution in [2.45, 2.75) is 26.2 Å². The van der Waals surface area contributed by atoms with E-state index < -0.39 is 0 Å². The second-order valence-electron chi connectivity index (χ2n) is 5.26. The molecule has 5 heteroatoms. The number of amides is 1. The Morgan fingerprint density at radius 1 is 1.55 bits per heavy atom. The molecule has 1 aromatic rings. The summed E-state index contributed by atoms with van der Waals surface area (Å²) in [4.78, 5) is 12.7. The Bertz CT molecular complexity index is 485. The maximum atomic E-state index is 12.7. The van der Waals surface area contributed by atoms with Crippen molar-refractivity contribution < 1.29 is 9.53 Å². The van der Waals surface area contributed by atoms with Crippen molar-refractivity contribution in [3.63, 3.8) is 0 Å². The topological polar surface area (TPSA) is 50.4 Å². The van der Waals surface area contributed by atoms with Crippen LogP contribution in [0.4, 0.5) is 5.69 Å². The van der Waals surface area contributed by atoms with Crippen LogP contribution in [0.5, 0.6) is 5.75 Å². The van der Waals surface area contributed by atoms with Crippen molar-refractivity contribution in [2.75, 3.05) is 25.5 Å². The van der Waals surface area contributed by atoms with Crippen LogP contribution >= 0.6 is 11.6 Å². The molecule has 110 valence electrons. The Hall–Kier alpha value is -1.26. The van der Waals surface area contributed by atoms with E-state index in [1.165, 1.54) is 0 Å². The molecule has 0 bridgehead atoms. The zero-order valence-corrected chi connectivity index (χ0v) is 12.7. The molecule has 2 rings (SSSR count). The van der Waals surface area contributed by atoms with Crippen LogP contribution in [0.3, 0.4) is 0 Å². The zero-order chi connectivity index (χ0) is 14.6. The SMILES string of the molecule is CCCC1(C(=O)Nc2cc(Cl)ccc2OC)CCNC1. The van der Waals surface area contributed by atoms with E-state index in [1.54, 1.807) is 25.3 Å². The van der Waals surface area contributed by atoms with Crippen molar-refractivity contribution in [3.05, 3.63) is 23.2 Å². The highest BCUT2D eigenvalue weighted by Gasteiger charge is 2.40. The third-order valence-electron chi connectivity index (χ3n) is 3.86. The third kappa shape index (κ3) is 3.07. The van der Waals surface area contributed by atoms with Gasteiger partial charge in [0.25, 0.3) is 0 Å². The fraction of sp³-hybridized carbons (Fsp3) is 0.533. The molecule has 1 amide bonds. The van der Waals surface area contributed by atoms with E-state index >= 15 is 0 Å². The molecule has 1 fully saturated rings. The number of benzene rings is 1. The quantitative estimate of drug-likeness (QED) is 0.878. The van der Waals surface area contributed by atoms with Gasteiger partial charge in [0, 0.05) is 11.6 Å². The summed E-state index contributed by atoms with van der Waals surface area (Å²) in [5.41, 5.74) is 0.314. The molecule has 0 radical (unpaired) electrons. The summed E-state index contributed by atoms with van der Waals surface area (Å²) < 4.78 is 5.27. The first-order valence-corrected chi connectivity index (χ1v) is 7.35. The van der Waals surface area contributed by atoms with Gasteiger partial charge in [-0.3, -0.25) is 4.79 Å². The molecule has 1 atom stereocenters. The summed E-state index contributed by atoms with van der Waals surface area (Å²) in [7, 11) is 1.58. The highest BCUT2D eigenvalue weighted by molar-refractivity contribution is 6.31. The van der Waals surface area contributed by atoms with Crippen molar-refractivity contribution >= 4 is 23.2 Å². The van der Waals surface area contributed by atoms with Gasteiger partial charge in [-0.2, -0.15) is 0 Å². The molecule has 1 aliphatic heterocycles. The Balaban J connectivity index is 2.20. The fourth-order valence-electron chi connectivity index (χ4n) is 2.78. The third-order valence-corrected chi connectivity index (χ3v) is 4.10. The van der Waals surface area contributed by atoms with Crippen LogP contribution in [-0.4, -0.2) is 26.1 Å². The molecule has 0 aliphatic carbocycles. The molecule has 1 heterocycles. The summed E-state index contributed by atoms with van der Waals surface area (Å²) >= 11 is 5.99. The van der Waals surface area contributed by atoms with Gasteiger partial charge in [0.1, 0.15) is 5.75 Å². The number of hydrogen-bond acceptors (Lipinski definition) is 3. The Morgan fingerprint density at radius 3 is 2.95 bits per heavy atom. The minimum Gasteiger partial charge on any atom is -0.495 e. The normalized spacial score (nSPS) is 21.8. The smallest absolute Gasteiger partial charge is 0.232 e. The minimum absolute atomic E-state index is 0.0462. The van der Waals surface area contributed by atoms with Crippen LogP contribution in [-0.2, 0) is 4.79 Å². The number of nitrogens with one attached hydrogen (secondary N) is 2. The van der Waals surface area contributed by atoms with Crippen molar-refractivity contribution in [3.8, 4) is 5.75 Å². The lowest BCUT2D eigenvalue weighted by Crippen LogP contribution is -2.38. The summed E-state index contributed by atoms with van der Waals surface area (Å²) in [6.07, 6.45) is 2.74. The predicted molar refractivity (Wildman–Crippen MR) is 81.5 cm³/mol. The van der Waals surface area contributed by atoms with Gasteiger partial charge in [-0.1, -0.05) is 24.9 Å². The molecule has 0 spiro atoms. The first-order valence-electron chi connectivity index (χ1n) is 6.97. The predicted octanol–water partition coefficient (Wildman–Crippen LogP) is 3.07. The van der Waals surface area contributed by atoms with Gasteiger partial charge in [-0.25, -0.2) is 0 Å². The first-order chi connectivity index (χ1) is 9.61. The van der Waals surface area contributed by atoms with Gasteiger partial charge >= 0.3 is 0 Å². The number of ether oxygens (including phenoxy) is 1. The van der Waals surface area contributed by atoms with Crippen molar-refractivity contribution in [2.24, 2.45) is 5.41 Å². The summed E-state index contributed by atoms with van der Waals surface area (Å²) in [6.45, 7) is 3.73. The highest BCUT2D eigenvalue weighted by Crippen LogP contribution is 2.35. The Labute approximate surface area is 124 Å². The summed E-state index contributed by atoms with van der Waals surface area (Å²) in [5, 5.41) is 6.85. The van der Waals surface area contributed by atoms with Gasteiger partial charge in [-0.15, -0.1) is 0 Å². The van der Waals surface area contributed by atoms with Crippen molar-refractivity contribution in [1.82, 2.24) is 5.32 Å². The standard InChI is InChI=1S/C15H21ClN2O2/c1-3-6-15(7-8-17-10-15)14(19)18-12-9-11(16)4-5-13(12)20-2/h4-5,9,17H,3,6-8,10H2,1-2H3,(H,18,19). The number of carbonyl (C=O) groups is 1. The number of methoxy groups -OCH3 is 1. The second-order valence-corrected chi connectivity index (χ2v) is 5.69. The lowest BCUT2D eigenvalue weighted by molar-refractivity contribution is -0.125. The van der Waals surface area contributed by atoms with Gasteiger partial charge in [0.15, 0.2) is 0 Å². The number of carbonyl (C=O) groups excluding carboxylic acids is 1. The average Bonchev–Trinajstić information content (AvgIpc) is 2.89. The van der Waals surface area contributed by atoms with E-state index in [0.29, 0.717) is 16.5 Å². The number of halogens is 1. The largest absolute Gasteiger partial charge is 0.495 e. The maximum absolute atomic E-state index is 12.7.